The lowest BCUT2D eigenvalue weighted by atomic mass is 10.0. The van der Waals surface area contributed by atoms with E-state index in [2.05, 4.69) is 55.6 Å². The van der Waals surface area contributed by atoms with Gasteiger partial charge in [0.1, 0.15) is 0 Å². The van der Waals surface area contributed by atoms with E-state index in [1.807, 2.05) is 25.0 Å². The number of aryl methyl sites for hydroxylation is 1. The number of guanidine groups is 1. The minimum atomic E-state index is 0. The van der Waals surface area contributed by atoms with Crippen LogP contribution in [-0.2, 0) is 7.05 Å². The Morgan fingerprint density at radius 1 is 1.50 bits per heavy atom. The molecule has 2 aromatic rings. The number of anilines is 1. The molecule has 0 aliphatic carbocycles. The van der Waals surface area contributed by atoms with Gasteiger partial charge in [-0.1, -0.05) is 6.92 Å². The number of thiophene rings is 1. The summed E-state index contributed by atoms with van der Waals surface area (Å²) in [6, 6.07) is 2.59. The number of piperidine rings is 1. The smallest absolute Gasteiger partial charge is 0.191 e. The fourth-order valence-electron chi connectivity index (χ4n) is 3.21. The van der Waals surface area contributed by atoms with Crippen molar-refractivity contribution in [2.75, 3.05) is 31.6 Å². The Balaban J connectivity index is 0.00000243. The van der Waals surface area contributed by atoms with Crippen LogP contribution in [0.5, 0.6) is 0 Å². The Labute approximate surface area is 177 Å². The monoisotopic (exact) mass is 488 g/mol. The number of halogens is 1. The van der Waals surface area contributed by atoms with Crippen LogP contribution in [0.1, 0.15) is 31.2 Å². The van der Waals surface area contributed by atoms with E-state index in [4.69, 9.17) is 0 Å². The molecule has 0 amide bonds. The van der Waals surface area contributed by atoms with Crippen LogP contribution < -0.4 is 15.5 Å². The molecule has 0 saturated carbocycles. The molecule has 2 N–H and O–H groups in total. The van der Waals surface area contributed by atoms with Gasteiger partial charge in [-0.15, -0.1) is 24.0 Å². The molecule has 0 bridgehead atoms. The lowest BCUT2D eigenvalue weighted by Gasteiger charge is -2.34. The van der Waals surface area contributed by atoms with E-state index in [1.54, 1.807) is 11.3 Å². The SMILES string of the molecule is CN=C(NCC(C)c1ccsc1)NC1CCCN(c2cnn(C)c2)C1.I. The van der Waals surface area contributed by atoms with Crippen molar-refractivity contribution in [3.8, 4) is 0 Å². The molecule has 1 saturated heterocycles. The zero-order valence-electron chi connectivity index (χ0n) is 15.7. The van der Waals surface area contributed by atoms with E-state index < -0.39 is 0 Å². The molecule has 2 unspecified atom stereocenters. The second-order valence-corrected chi connectivity index (χ2v) is 7.49. The third kappa shape index (κ3) is 5.60. The molecular formula is C18H29IN6S. The molecule has 2 atom stereocenters. The predicted molar refractivity (Wildman–Crippen MR) is 121 cm³/mol. The third-order valence-electron chi connectivity index (χ3n) is 4.73. The topological polar surface area (TPSA) is 57.5 Å². The Morgan fingerprint density at radius 3 is 3.00 bits per heavy atom. The molecule has 2 aromatic heterocycles. The van der Waals surface area contributed by atoms with Gasteiger partial charge in [-0.25, -0.2) is 0 Å². The van der Waals surface area contributed by atoms with E-state index in [-0.39, 0.29) is 24.0 Å². The zero-order chi connectivity index (χ0) is 17.6. The van der Waals surface area contributed by atoms with Crippen molar-refractivity contribution >= 4 is 47.0 Å². The summed E-state index contributed by atoms with van der Waals surface area (Å²) in [5.74, 6) is 1.36. The van der Waals surface area contributed by atoms with E-state index >= 15 is 0 Å². The van der Waals surface area contributed by atoms with Gasteiger partial charge in [0, 0.05) is 46.0 Å². The van der Waals surface area contributed by atoms with Crippen molar-refractivity contribution in [1.29, 1.82) is 0 Å². The van der Waals surface area contributed by atoms with Crippen molar-refractivity contribution in [3.63, 3.8) is 0 Å². The molecule has 8 heteroatoms. The number of nitrogens with zero attached hydrogens (tertiary/aromatic N) is 4. The molecule has 0 aromatic carbocycles. The molecule has 1 fully saturated rings. The molecule has 0 spiro atoms. The third-order valence-corrected chi connectivity index (χ3v) is 5.43. The van der Waals surface area contributed by atoms with Crippen LogP contribution in [-0.4, -0.2) is 48.5 Å². The number of hydrogen-bond donors (Lipinski definition) is 2. The average Bonchev–Trinajstić information content (AvgIpc) is 3.30. The fraction of sp³-hybridized carbons (Fsp3) is 0.556. The normalized spacial score (nSPS) is 19.0. The minimum Gasteiger partial charge on any atom is -0.367 e. The van der Waals surface area contributed by atoms with Crippen LogP contribution in [0.4, 0.5) is 5.69 Å². The summed E-state index contributed by atoms with van der Waals surface area (Å²) in [6.45, 7) is 5.19. The van der Waals surface area contributed by atoms with Crippen LogP contribution in [0.15, 0.2) is 34.2 Å². The molecule has 144 valence electrons. The maximum Gasteiger partial charge on any atom is 0.191 e. The zero-order valence-corrected chi connectivity index (χ0v) is 18.8. The highest BCUT2D eigenvalue weighted by Gasteiger charge is 2.22. The second kappa shape index (κ2) is 10.1. The number of hydrogen-bond acceptors (Lipinski definition) is 4. The average molecular weight is 488 g/mol. The van der Waals surface area contributed by atoms with Crippen LogP contribution in [0.2, 0.25) is 0 Å². The standard InChI is InChI=1S/C18H28N6S.HI/c1-14(15-6-8-25-13-15)9-20-18(19-2)22-16-5-4-7-24(11-16)17-10-21-23(3)12-17;/h6,8,10,12-14,16H,4-5,7,9,11H2,1-3H3,(H2,19,20,22);1H. The van der Waals surface area contributed by atoms with Crippen LogP contribution in [0.25, 0.3) is 0 Å². The first-order valence-electron chi connectivity index (χ1n) is 8.88. The van der Waals surface area contributed by atoms with Crippen molar-refractivity contribution in [3.05, 3.63) is 34.8 Å². The van der Waals surface area contributed by atoms with Gasteiger partial charge in [0.05, 0.1) is 11.9 Å². The summed E-state index contributed by atoms with van der Waals surface area (Å²) >= 11 is 1.75. The summed E-state index contributed by atoms with van der Waals surface area (Å²) in [7, 11) is 3.80. The van der Waals surface area contributed by atoms with Crippen LogP contribution in [0, 0.1) is 0 Å². The second-order valence-electron chi connectivity index (χ2n) is 6.71. The summed E-state index contributed by atoms with van der Waals surface area (Å²) in [4.78, 5) is 6.80. The van der Waals surface area contributed by atoms with Crippen molar-refractivity contribution in [2.24, 2.45) is 12.0 Å². The fourth-order valence-corrected chi connectivity index (χ4v) is 3.99. The largest absolute Gasteiger partial charge is 0.367 e. The van der Waals surface area contributed by atoms with E-state index in [0.717, 1.165) is 32.0 Å². The van der Waals surface area contributed by atoms with E-state index in [9.17, 15) is 0 Å². The Kier molecular flexibility index (Phi) is 8.20. The van der Waals surface area contributed by atoms with Crippen molar-refractivity contribution < 1.29 is 0 Å². The molecule has 0 radical (unpaired) electrons. The quantitative estimate of drug-likeness (QED) is 0.386. The predicted octanol–water partition coefficient (Wildman–Crippen LogP) is 3.04. The van der Waals surface area contributed by atoms with E-state index in [0.29, 0.717) is 12.0 Å². The first-order chi connectivity index (χ1) is 12.2. The molecular weight excluding hydrogens is 459 g/mol. The summed E-state index contributed by atoms with van der Waals surface area (Å²) in [5.41, 5.74) is 2.58. The maximum atomic E-state index is 4.40. The van der Waals surface area contributed by atoms with Crippen molar-refractivity contribution in [2.45, 2.75) is 31.7 Å². The highest BCUT2D eigenvalue weighted by molar-refractivity contribution is 14.0. The number of aliphatic imine (C=N–C) groups is 1. The summed E-state index contributed by atoms with van der Waals surface area (Å²) < 4.78 is 1.86. The Hall–Kier alpha value is -1.29. The highest BCUT2D eigenvalue weighted by Crippen LogP contribution is 2.19. The summed E-state index contributed by atoms with van der Waals surface area (Å²) in [6.07, 6.45) is 6.36. The molecule has 3 rings (SSSR count). The van der Waals surface area contributed by atoms with Gasteiger partial charge in [-0.05, 0) is 41.1 Å². The number of aromatic nitrogens is 2. The first-order valence-corrected chi connectivity index (χ1v) is 9.83. The Morgan fingerprint density at radius 2 is 2.35 bits per heavy atom. The number of rotatable bonds is 5. The van der Waals surface area contributed by atoms with Gasteiger partial charge in [0.15, 0.2) is 5.96 Å². The van der Waals surface area contributed by atoms with Crippen LogP contribution in [0.3, 0.4) is 0 Å². The Bertz CT molecular complexity index is 684. The van der Waals surface area contributed by atoms with Gasteiger partial charge in [-0.2, -0.15) is 16.4 Å². The van der Waals surface area contributed by atoms with Gasteiger partial charge >= 0.3 is 0 Å². The maximum absolute atomic E-state index is 4.40. The van der Waals surface area contributed by atoms with Crippen molar-refractivity contribution in [1.82, 2.24) is 20.4 Å². The molecule has 1 aliphatic heterocycles. The number of nitrogens with one attached hydrogen (secondary N) is 2. The lowest BCUT2D eigenvalue weighted by molar-refractivity contribution is 0.467. The van der Waals surface area contributed by atoms with Crippen LogP contribution >= 0.6 is 35.3 Å². The van der Waals surface area contributed by atoms with Gasteiger partial charge in [0.2, 0.25) is 0 Å². The highest BCUT2D eigenvalue weighted by atomic mass is 127. The molecule has 3 heterocycles. The minimum absolute atomic E-state index is 0. The molecule has 1 aliphatic rings. The lowest BCUT2D eigenvalue weighted by Crippen LogP contribution is -2.51. The first kappa shape index (κ1) is 21.0. The molecule has 6 nitrogen and oxygen atoms in total. The van der Waals surface area contributed by atoms with Gasteiger partial charge in [-0.3, -0.25) is 9.67 Å². The van der Waals surface area contributed by atoms with Gasteiger partial charge in [0.25, 0.3) is 0 Å². The summed E-state index contributed by atoms with van der Waals surface area (Å²) in [5, 5.41) is 15.7. The molecule has 26 heavy (non-hydrogen) atoms. The van der Waals surface area contributed by atoms with E-state index in [1.165, 1.54) is 17.7 Å². The van der Waals surface area contributed by atoms with Gasteiger partial charge < -0.3 is 15.5 Å².